The van der Waals surface area contributed by atoms with E-state index in [2.05, 4.69) is 43.1 Å². The summed E-state index contributed by atoms with van der Waals surface area (Å²) in [7, 11) is 1.99. The lowest BCUT2D eigenvalue weighted by Crippen LogP contribution is -2.23. The average Bonchev–Trinajstić information content (AvgIpc) is 2.40. The second-order valence-electron chi connectivity index (χ2n) is 4.26. The van der Waals surface area contributed by atoms with Crippen molar-refractivity contribution in [3.05, 3.63) is 48.0 Å². The van der Waals surface area contributed by atoms with Gasteiger partial charge in [0.05, 0.1) is 0 Å². The lowest BCUT2D eigenvalue weighted by molar-refractivity contribution is -0.132. The third kappa shape index (κ3) is 8.99. The monoisotopic (exact) mass is 265 g/mol. The lowest BCUT2D eigenvalue weighted by Gasteiger charge is -2.08. The van der Waals surface area contributed by atoms with Gasteiger partial charge in [0, 0.05) is 24.6 Å². The Kier molecular flexibility index (Phi) is 9.40. The van der Waals surface area contributed by atoms with Gasteiger partial charge in [0.1, 0.15) is 0 Å². The van der Waals surface area contributed by atoms with Crippen molar-refractivity contribution in [3.63, 3.8) is 0 Å². The Morgan fingerprint density at radius 1 is 1.37 bits per heavy atom. The molecule has 0 saturated carbocycles. The summed E-state index contributed by atoms with van der Waals surface area (Å²) in [5.41, 5.74) is 1.45. The maximum atomic E-state index is 9.88. The first-order valence-corrected chi connectivity index (χ1v) is 6.24. The van der Waals surface area contributed by atoms with Crippen LogP contribution in [-0.4, -0.2) is 35.9 Å². The Morgan fingerprint density at radius 3 is 2.32 bits per heavy atom. The van der Waals surface area contributed by atoms with E-state index in [9.17, 15) is 4.79 Å². The smallest absolute Gasteiger partial charge is 0.331 e. The van der Waals surface area contributed by atoms with Crippen LogP contribution in [0.4, 0.5) is 0 Å². The molecule has 0 aliphatic heterocycles. The van der Waals surface area contributed by atoms with Crippen molar-refractivity contribution in [2.45, 2.75) is 25.8 Å². The molecule has 0 spiro atoms. The summed E-state index contributed by atoms with van der Waals surface area (Å²) < 4.78 is 0. The molecule has 1 unspecified atom stereocenters. The van der Waals surface area contributed by atoms with Crippen LogP contribution in [-0.2, 0) is 11.2 Å². The van der Waals surface area contributed by atoms with Crippen molar-refractivity contribution in [1.82, 2.24) is 5.32 Å². The number of nitrogens with one attached hydrogen (secondary N) is 1. The van der Waals surface area contributed by atoms with Crippen LogP contribution in [0, 0.1) is 0 Å². The van der Waals surface area contributed by atoms with Crippen LogP contribution in [0.1, 0.15) is 18.9 Å². The van der Waals surface area contributed by atoms with E-state index in [1.807, 2.05) is 13.1 Å². The predicted molar refractivity (Wildman–Crippen MR) is 77.1 cm³/mol. The molecule has 19 heavy (non-hydrogen) atoms. The number of carbonyl (C=O) groups is 1. The van der Waals surface area contributed by atoms with Crippen LogP contribution in [0.5, 0.6) is 0 Å². The van der Waals surface area contributed by atoms with Crippen molar-refractivity contribution in [3.8, 4) is 0 Å². The van der Waals surface area contributed by atoms with Crippen LogP contribution in [0.3, 0.4) is 0 Å². The number of carboxylic acid groups (broad SMARTS) is 1. The number of aliphatic carboxylic acids is 1. The minimum absolute atomic E-state index is 0.0486. The van der Waals surface area contributed by atoms with E-state index in [0.717, 1.165) is 6.42 Å². The number of aliphatic hydroxyl groups is 1. The zero-order valence-electron chi connectivity index (χ0n) is 11.6. The van der Waals surface area contributed by atoms with Crippen LogP contribution in [0.15, 0.2) is 42.5 Å². The number of rotatable bonds is 6. The summed E-state index contributed by atoms with van der Waals surface area (Å²) in [5.74, 6) is -1.04. The highest BCUT2D eigenvalue weighted by molar-refractivity contribution is 5.85. The molecule has 0 saturated heterocycles. The van der Waals surface area contributed by atoms with Gasteiger partial charge in [0.2, 0.25) is 0 Å². The molecule has 0 aliphatic carbocycles. The highest BCUT2D eigenvalue weighted by atomic mass is 16.4. The fourth-order valence-corrected chi connectivity index (χ4v) is 1.31. The van der Waals surface area contributed by atoms with Gasteiger partial charge < -0.3 is 15.5 Å². The highest BCUT2D eigenvalue weighted by Gasteiger charge is 2.00. The zero-order chi connectivity index (χ0) is 14.7. The van der Waals surface area contributed by atoms with Gasteiger partial charge in [-0.15, -0.1) is 0 Å². The van der Waals surface area contributed by atoms with Crippen LogP contribution in [0.25, 0.3) is 0 Å². The van der Waals surface area contributed by atoms with Gasteiger partial charge in [0.15, 0.2) is 0 Å². The molecule has 3 N–H and O–H groups in total. The first-order valence-electron chi connectivity index (χ1n) is 6.24. The summed E-state index contributed by atoms with van der Waals surface area (Å²) in [6.45, 7) is 5.22. The van der Waals surface area contributed by atoms with Gasteiger partial charge in [-0.05, 0) is 26.0 Å². The second-order valence-corrected chi connectivity index (χ2v) is 4.26. The van der Waals surface area contributed by atoms with Crippen molar-refractivity contribution >= 4 is 5.97 Å². The summed E-state index contributed by atoms with van der Waals surface area (Å²) in [6.07, 6.45) is 1.26. The summed E-state index contributed by atoms with van der Waals surface area (Å²) in [5, 5.41) is 19.5. The molecule has 1 atom stereocenters. The van der Waals surface area contributed by atoms with E-state index in [4.69, 9.17) is 10.2 Å². The largest absolute Gasteiger partial charge is 0.478 e. The quantitative estimate of drug-likeness (QED) is 0.687. The Labute approximate surface area is 114 Å². The number of hydrogen-bond acceptors (Lipinski definition) is 3. The number of aliphatic hydroxyl groups excluding tert-OH is 1. The van der Waals surface area contributed by atoms with E-state index < -0.39 is 5.97 Å². The van der Waals surface area contributed by atoms with Crippen molar-refractivity contribution in [2.75, 3.05) is 13.7 Å². The minimum Gasteiger partial charge on any atom is -0.478 e. The molecule has 0 fully saturated rings. The van der Waals surface area contributed by atoms with Crippen LogP contribution >= 0.6 is 0 Å². The van der Waals surface area contributed by atoms with E-state index in [-0.39, 0.29) is 18.6 Å². The van der Waals surface area contributed by atoms with E-state index in [0.29, 0.717) is 6.04 Å². The fraction of sp³-hybridized carbons (Fsp3) is 0.400. The Bertz CT molecular complexity index is 376. The van der Waals surface area contributed by atoms with E-state index in [1.165, 1.54) is 5.56 Å². The van der Waals surface area contributed by atoms with E-state index in [1.54, 1.807) is 0 Å². The highest BCUT2D eigenvalue weighted by Crippen LogP contribution is 2.01. The molecule has 0 bridgehead atoms. The van der Waals surface area contributed by atoms with Crippen molar-refractivity contribution < 1.29 is 15.0 Å². The van der Waals surface area contributed by atoms with Crippen molar-refractivity contribution in [1.29, 1.82) is 0 Å². The first kappa shape index (κ1) is 17.4. The number of hydrogen-bond donors (Lipinski definition) is 3. The molecule has 1 aromatic rings. The number of carboxylic acids is 1. The third-order valence-corrected chi connectivity index (χ3v) is 2.59. The molecular weight excluding hydrogens is 242 g/mol. The van der Waals surface area contributed by atoms with Gasteiger partial charge in [-0.2, -0.15) is 0 Å². The van der Waals surface area contributed by atoms with Crippen LogP contribution in [0.2, 0.25) is 0 Å². The Morgan fingerprint density at radius 2 is 1.95 bits per heavy atom. The molecule has 0 radical (unpaired) electrons. The molecule has 1 rings (SSSR count). The molecule has 106 valence electrons. The summed E-state index contributed by atoms with van der Waals surface area (Å²) in [6, 6.07) is 11.1. The minimum atomic E-state index is -1.04. The zero-order valence-corrected chi connectivity index (χ0v) is 11.6. The lowest BCUT2D eigenvalue weighted by atomic mass is 10.1. The average molecular weight is 265 g/mol. The first-order chi connectivity index (χ1) is 9.01. The molecule has 0 aliphatic rings. The van der Waals surface area contributed by atoms with Crippen molar-refractivity contribution in [2.24, 2.45) is 0 Å². The SMILES string of the molecule is C=C(CCO)C(=O)O.CNC(C)Cc1ccccc1. The standard InChI is InChI=1S/C10H15N.C5H8O3/c1-9(11-2)8-10-6-4-3-5-7-10;1-4(2-3-6)5(7)8/h3-7,9,11H,8H2,1-2H3;6H,1-3H2,(H,7,8). The summed E-state index contributed by atoms with van der Waals surface area (Å²) >= 11 is 0. The number of benzene rings is 1. The molecule has 4 heteroatoms. The molecule has 4 nitrogen and oxygen atoms in total. The second kappa shape index (κ2) is 10.3. The molecule has 1 aromatic carbocycles. The summed E-state index contributed by atoms with van der Waals surface area (Å²) in [4.78, 5) is 9.88. The number of likely N-dealkylation sites (N-methyl/N-ethyl adjacent to an activating group) is 1. The third-order valence-electron chi connectivity index (χ3n) is 2.59. The Balaban J connectivity index is 0.000000362. The normalized spacial score (nSPS) is 11.1. The maximum absolute atomic E-state index is 9.88. The van der Waals surface area contributed by atoms with Gasteiger partial charge in [-0.3, -0.25) is 0 Å². The molecule has 0 amide bonds. The van der Waals surface area contributed by atoms with E-state index >= 15 is 0 Å². The van der Waals surface area contributed by atoms with Gasteiger partial charge in [-0.1, -0.05) is 36.9 Å². The fourth-order valence-electron chi connectivity index (χ4n) is 1.31. The maximum Gasteiger partial charge on any atom is 0.331 e. The Hall–Kier alpha value is -1.65. The predicted octanol–water partition coefficient (Wildman–Crippen LogP) is 1.85. The topological polar surface area (TPSA) is 69.6 Å². The molecule has 0 heterocycles. The molecular formula is C15H23NO3. The van der Waals surface area contributed by atoms with Gasteiger partial charge in [0.25, 0.3) is 0 Å². The van der Waals surface area contributed by atoms with Gasteiger partial charge >= 0.3 is 5.97 Å². The van der Waals surface area contributed by atoms with Crippen LogP contribution < -0.4 is 5.32 Å². The molecule has 0 aromatic heterocycles. The van der Waals surface area contributed by atoms with Gasteiger partial charge in [-0.25, -0.2) is 4.79 Å².